The van der Waals surface area contributed by atoms with E-state index in [4.69, 9.17) is 9.47 Å². The third-order valence-electron chi connectivity index (χ3n) is 5.59. The van der Waals surface area contributed by atoms with Crippen molar-refractivity contribution in [1.29, 1.82) is 0 Å². The van der Waals surface area contributed by atoms with Gasteiger partial charge in [-0.2, -0.15) is 0 Å². The normalized spacial score (nSPS) is 26.0. The third-order valence-corrected chi connectivity index (χ3v) is 5.59. The van der Waals surface area contributed by atoms with Crippen molar-refractivity contribution in [3.05, 3.63) is 59.7 Å². The molecule has 2 aliphatic heterocycles. The van der Waals surface area contributed by atoms with Crippen LogP contribution >= 0.6 is 0 Å². The Kier molecular flexibility index (Phi) is 5.17. The third kappa shape index (κ3) is 4.01. The van der Waals surface area contributed by atoms with Crippen molar-refractivity contribution in [3.63, 3.8) is 0 Å². The molecule has 0 spiro atoms. The zero-order chi connectivity index (χ0) is 18.8. The summed E-state index contributed by atoms with van der Waals surface area (Å²) in [6.45, 7) is 4.43. The lowest BCUT2D eigenvalue weighted by molar-refractivity contribution is -0.126. The van der Waals surface area contributed by atoms with Crippen LogP contribution in [0.4, 0.5) is 0 Å². The van der Waals surface area contributed by atoms with E-state index >= 15 is 0 Å². The molecule has 0 bridgehead atoms. The molecule has 0 saturated carbocycles. The van der Waals surface area contributed by atoms with E-state index in [1.165, 1.54) is 0 Å². The number of ether oxygens (including phenoxy) is 2. The Hall–Kier alpha value is -2.33. The molecule has 27 heavy (non-hydrogen) atoms. The van der Waals surface area contributed by atoms with Crippen LogP contribution in [-0.2, 0) is 11.2 Å². The average Bonchev–Trinajstić information content (AvgIpc) is 2.82. The number of hydrogen-bond acceptors (Lipinski definition) is 4. The minimum Gasteiger partial charge on any atom is -0.490 e. The first-order valence-corrected chi connectivity index (χ1v) is 9.82. The highest BCUT2D eigenvalue weighted by atomic mass is 16.5. The van der Waals surface area contributed by atoms with Crippen molar-refractivity contribution < 1.29 is 14.3 Å². The first kappa shape index (κ1) is 18.1. The fraction of sp³-hybridized carbons (Fsp3) is 0.435. The minimum absolute atomic E-state index is 0.0929. The number of hydrogen-bond donors (Lipinski definition) is 0. The van der Waals surface area contributed by atoms with E-state index in [9.17, 15) is 4.79 Å². The predicted molar refractivity (Wildman–Crippen MR) is 105 cm³/mol. The fourth-order valence-electron chi connectivity index (χ4n) is 4.13. The molecule has 4 rings (SSSR count). The predicted octanol–water partition coefficient (Wildman–Crippen LogP) is 4.04. The van der Waals surface area contributed by atoms with Crippen molar-refractivity contribution in [2.45, 2.75) is 38.4 Å². The monoisotopic (exact) mass is 365 g/mol. The van der Waals surface area contributed by atoms with Gasteiger partial charge in [0.1, 0.15) is 17.6 Å². The maximum Gasteiger partial charge on any atom is 0.182 e. The average molecular weight is 365 g/mol. The van der Waals surface area contributed by atoms with Gasteiger partial charge in [-0.25, -0.2) is 0 Å². The zero-order valence-corrected chi connectivity index (χ0v) is 16.1. The van der Waals surface area contributed by atoms with Gasteiger partial charge in [0.2, 0.25) is 0 Å². The highest BCUT2D eigenvalue weighted by Gasteiger charge is 2.30. The molecular formula is C23H27NO3. The molecule has 1 fully saturated rings. The van der Waals surface area contributed by atoms with Crippen molar-refractivity contribution in [3.8, 4) is 11.5 Å². The van der Waals surface area contributed by atoms with Gasteiger partial charge >= 0.3 is 0 Å². The van der Waals surface area contributed by atoms with Gasteiger partial charge in [-0.05, 0) is 50.2 Å². The smallest absolute Gasteiger partial charge is 0.182 e. The summed E-state index contributed by atoms with van der Waals surface area (Å²) in [7, 11) is 2.17. The molecule has 0 amide bonds. The van der Waals surface area contributed by atoms with Gasteiger partial charge in [-0.15, -0.1) is 0 Å². The molecule has 4 heteroatoms. The number of carbonyl (C=O) groups is 1. The largest absolute Gasteiger partial charge is 0.490 e. The van der Waals surface area contributed by atoms with Crippen LogP contribution in [0.1, 0.15) is 37.0 Å². The van der Waals surface area contributed by atoms with E-state index in [0.29, 0.717) is 12.3 Å². The van der Waals surface area contributed by atoms with Gasteiger partial charge < -0.3 is 14.4 Å². The second-order valence-electron chi connectivity index (χ2n) is 7.86. The summed E-state index contributed by atoms with van der Waals surface area (Å²) in [5, 5.41) is 0. The number of likely N-dealkylation sites (tertiary alicyclic amines) is 1. The number of rotatable bonds is 3. The first-order chi connectivity index (χ1) is 13.1. The maximum atomic E-state index is 12.6. The van der Waals surface area contributed by atoms with Gasteiger partial charge in [0.15, 0.2) is 11.9 Å². The topological polar surface area (TPSA) is 38.8 Å². The highest BCUT2D eigenvalue weighted by Crippen LogP contribution is 2.35. The lowest BCUT2D eigenvalue weighted by atomic mass is 9.96. The van der Waals surface area contributed by atoms with Crippen LogP contribution < -0.4 is 9.47 Å². The van der Waals surface area contributed by atoms with Crippen molar-refractivity contribution in [1.82, 2.24) is 4.90 Å². The van der Waals surface area contributed by atoms with Crippen LogP contribution in [0.2, 0.25) is 0 Å². The van der Waals surface area contributed by atoms with Crippen LogP contribution in [0.5, 0.6) is 11.5 Å². The van der Waals surface area contributed by atoms with Crippen LogP contribution in [0.25, 0.3) is 0 Å². The minimum atomic E-state index is -0.511. The van der Waals surface area contributed by atoms with Crippen molar-refractivity contribution >= 4 is 5.78 Å². The molecule has 0 N–H and O–H groups in total. The van der Waals surface area contributed by atoms with Gasteiger partial charge in [0.25, 0.3) is 0 Å². The molecule has 3 unspecified atom stereocenters. The summed E-state index contributed by atoms with van der Waals surface area (Å²) in [6, 6.07) is 15.6. The summed E-state index contributed by atoms with van der Waals surface area (Å²) >= 11 is 0. The quantitative estimate of drug-likeness (QED) is 0.823. The molecule has 0 aliphatic carbocycles. The summed E-state index contributed by atoms with van der Waals surface area (Å²) in [4.78, 5) is 15.0. The summed E-state index contributed by atoms with van der Waals surface area (Å²) in [6.07, 6.45) is 2.30. The number of carbonyl (C=O) groups excluding carboxylic acids is 1. The Bertz CT molecular complexity index is 805. The van der Waals surface area contributed by atoms with E-state index in [1.807, 2.05) is 48.5 Å². The number of nitrogens with zero attached hydrogens (tertiary/aromatic N) is 1. The van der Waals surface area contributed by atoms with Gasteiger partial charge in [0.05, 0.1) is 0 Å². The van der Waals surface area contributed by atoms with E-state index in [0.717, 1.165) is 48.6 Å². The summed E-state index contributed by atoms with van der Waals surface area (Å²) in [5.74, 6) is 2.19. The lowest BCUT2D eigenvalue weighted by Crippen LogP contribution is -2.30. The fourth-order valence-corrected chi connectivity index (χ4v) is 4.13. The molecule has 0 aromatic heterocycles. The SMILES string of the molecule is CC1CN(C)CCCC1Oc1ccc2c(c1)CC(=O)C(c1ccccc1)O2. The number of benzene rings is 2. The van der Waals surface area contributed by atoms with Crippen molar-refractivity contribution in [2.24, 2.45) is 5.92 Å². The Morgan fingerprint density at radius 2 is 1.96 bits per heavy atom. The highest BCUT2D eigenvalue weighted by molar-refractivity contribution is 5.88. The second kappa shape index (κ2) is 7.73. The summed E-state index contributed by atoms with van der Waals surface area (Å²) < 4.78 is 12.3. The number of ketones is 1. The molecule has 4 nitrogen and oxygen atoms in total. The number of Topliss-reactive ketones (excluding diaryl/α,β-unsaturated/α-hetero) is 1. The molecule has 1 saturated heterocycles. The zero-order valence-electron chi connectivity index (χ0n) is 16.1. The van der Waals surface area contributed by atoms with Crippen LogP contribution in [0, 0.1) is 5.92 Å². The Morgan fingerprint density at radius 1 is 1.15 bits per heavy atom. The molecule has 2 heterocycles. The van der Waals surface area contributed by atoms with Crippen LogP contribution in [0.3, 0.4) is 0 Å². The molecule has 142 valence electrons. The van der Waals surface area contributed by atoms with E-state index in [1.54, 1.807) is 0 Å². The Morgan fingerprint density at radius 3 is 2.78 bits per heavy atom. The Labute approximate surface area is 161 Å². The Balaban J connectivity index is 1.50. The van der Waals surface area contributed by atoms with E-state index in [2.05, 4.69) is 18.9 Å². The van der Waals surface area contributed by atoms with Gasteiger partial charge in [-0.1, -0.05) is 37.3 Å². The lowest BCUT2D eigenvalue weighted by Gasteiger charge is -2.27. The van der Waals surface area contributed by atoms with Gasteiger partial charge in [0, 0.05) is 24.4 Å². The molecule has 2 aliphatic rings. The molecule has 3 atom stereocenters. The second-order valence-corrected chi connectivity index (χ2v) is 7.86. The van der Waals surface area contributed by atoms with E-state index in [-0.39, 0.29) is 11.9 Å². The molecule has 2 aromatic carbocycles. The molecule has 2 aromatic rings. The number of fused-ring (bicyclic) bond motifs is 1. The van der Waals surface area contributed by atoms with Crippen LogP contribution in [0.15, 0.2) is 48.5 Å². The van der Waals surface area contributed by atoms with E-state index < -0.39 is 6.10 Å². The van der Waals surface area contributed by atoms with Crippen molar-refractivity contribution in [2.75, 3.05) is 20.1 Å². The van der Waals surface area contributed by atoms with Crippen LogP contribution in [-0.4, -0.2) is 36.9 Å². The molecular weight excluding hydrogens is 338 g/mol. The molecule has 0 radical (unpaired) electrons. The first-order valence-electron chi connectivity index (χ1n) is 9.82. The van der Waals surface area contributed by atoms with Gasteiger partial charge in [-0.3, -0.25) is 4.79 Å². The standard InChI is InChI=1S/C23H27NO3/c1-16-15-24(2)12-6-9-21(16)26-19-10-11-22-18(13-19)14-20(25)23(27-22)17-7-4-3-5-8-17/h3-5,7-8,10-11,13,16,21,23H,6,9,12,14-15H2,1-2H3. The maximum absolute atomic E-state index is 12.6. The summed E-state index contributed by atoms with van der Waals surface area (Å²) in [5.41, 5.74) is 1.83.